The van der Waals surface area contributed by atoms with Crippen molar-refractivity contribution in [3.63, 3.8) is 0 Å². The molecule has 16 heavy (non-hydrogen) atoms. The Morgan fingerprint density at radius 3 is 2.94 bits per heavy atom. The molecule has 0 aliphatic heterocycles. The number of esters is 1. The van der Waals surface area contributed by atoms with Crippen molar-refractivity contribution in [2.75, 3.05) is 6.61 Å². The first-order valence-electron chi connectivity index (χ1n) is 4.73. The van der Waals surface area contributed by atoms with Crippen molar-refractivity contribution in [1.29, 1.82) is 0 Å². The molecule has 0 N–H and O–H groups in total. The first-order valence-corrected chi connectivity index (χ1v) is 6.93. The fourth-order valence-corrected chi connectivity index (χ4v) is 2.93. The van der Waals surface area contributed by atoms with Gasteiger partial charge in [-0.3, -0.25) is 0 Å². The summed E-state index contributed by atoms with van der Waals surface area (Å²) in [5.74, 6) is -0.262. The fourth-order valence-electron chi connectivity index (χ4n) is 1.20. The van der Waals surface area contributed by atoms with Crippen LogP contribution >= 0.6 is 35.3 Å². The van der Waals surface area contributed by atoms with Crippen LogP contribution in [0.3, 0.4) is 0 Å². The lowest BCUT2D eigenvalue weighted by Gasteiger charge is -2.01. The molecule has 2 rings (SSSR count). The molecule has 2 aromatic rings. The highest BCUT2D eigenvalue weighted by Gasteiger charge is 2.09. The summed E-state index contributed by atoms with van der Waals surface area (Å²) in [7, 11) is 0. The number of ether oxygens (including phenoxy) is 1. The summed E-state index contributed by atoms with van der Waals surface area (Å²) in [5.41, 5.74) is 0. The third kappa shape index (κ3) is 3.10. The van der Waals surface area contributed by atoms with Gasteiger partial charge in [-0.25, -0.2) is 4.79 Å². The number of hydrogen-bond acceptors (Lipinski definition) is 5. The number of carbonyl (C=O) groups is 1. The van der Waals surface area contributed by atoms with E-state index in [4.69, 9.17) is 4.74 Å². The number of rotatable bonds is 4. The van der Waals surface area contributed by atoms with E-state index in [0.29, 0.717) is 11.5 Å². The summed E-state index contributed by atoms with van der Waals surface area (Å²) in [6.07, 6.45) is 0.780. The van der Waals surface area contributed by atoms with Gasteiger partial charge in [0, 0.05) is 21.6 Å². The molecule has 5 heteroatoms. The van der Waals surface area contributed by atoms with E-state index in [1.807, 2.05) is 22.9 Å². The summed E-state index contributed by atoms with van der Waals surface area (Å²) in [6.45, 7) is 0.430. The Morgan fingerprint density at radius 2 is 2.31 bits per heavy atom. The largest absolute Gasteiger partial charge is 0.461 e. The maximum atomic E-state index is 11.5. The minimum atomic E-state index is -0.262. The molecule has 0 spiro atoms. The zero-order valence-electron chi connectivity index (χ0n) is 8.38. The Kier molecular flexibility index (Phi) is 4.04. The van der Waals surface area contributed by atoms with Gasteiger partial charge in [0.1, 0.15) is 4.88 Å². The molecule has 0 aliphatic rings. The van der Waals surface area contributed by atoms with Crippen LogP contribution in [0.4, 0.5) is 0 Å². The Bertz CT molecular complexity index is 459. The zero-order valence-corrected chi connectivity index (χ0v) is 10.9. The molecule has 84 valence electrons. The predicted molar refractivity (Wildman–Crippen MR) is 69.9 cm³/mol. The van der Waals surface area contributed by atoms with E-state index in [1.165, 1.54) is 16.2 Å². The van der Waals surface area contributed by atoms with Crippen molar-refractivity contribution >= 4 is 41.3 Å². The van der Waals surface area contributed by atoms with Gasteiger partial charge in [0.2, 0.25) is 0 Å². The average Bonchev–Trinajstić information content (AvgIpc) is 2.89. The van der Waals surface area contributed by atoms with Gasteiger partial charge in [-0.15, -0.1) is 35.3 Å². The third-order valence-corrected chi connectivity index (χ3v) is 4.23. The van der Waals surface area contributed by atoms with Gasteiger partial charge >= 0.3 is 5.97 Å². The van der Waals surface area contributed by atoms with Crippen molar-refractivity contribution < 1.29 is 9.53 Å². The van der Waals surface area contributed by atoms with E-state index in [0.717, 1.165) is 11.3 Å². The van der Waals surface area contributed by atoms with Crippen LogP contribution in [0.15, 0.2) is 33.9 Å². The van der Waals surface area contributed by atoms with Gasteiger partial charge in [-0.2, -0.15) is 0 Å². The zero-order chi connectivity index (χ0) is 11.4. The first kappa shape index (κ1) is 11.7. The molecular weight excluding hydrogens is 260 g/mol. The number of thiol groups is 1. The van der Waals surface area contributed by atoms with E-state index >= 15 is 0 Å². The van der Waals surface area contributed by atoms with E-state index < -0.39 is 0 Å². The molecule has 0 bridgehead atoms. The van der Waals surface area contributed by atoms with E-state index in [9.17, 15) is 4.79 Å². The standard InChI is InChI=1S/C11H10O2S3/c12-11(10-6-8(14)7-16-10)13-4-3-9-2-1-5-15-9/h1-2,5-7,14H,3-4H2. The first-order chi connectivity index (χ1) is 7.75. The van der Waals surface area contributed by atoms with Gasteiger partial charge in [-0.05, 0) is 17.5 Å². The normalized spacial score (nSPS) is 10.3. The van der Waals surface area contributed by atoms with Gasteiger partial charge in [0.25, 0.3) is 0 Å². The van der Waals surface area contributed by atoms with Crippen LogP contribution in [0.5, 0.6) is 0 Å². The fraction of sp³-hybridized carbons (Fsp3) is 0.182. The van der Waals surface area contributed by atoms with Crippen molar-refractivity contribution in [3.8, 4) is 0 Å². The van der Waals surface area contributed by atoms with Crippen LogP contribution in [-0.4, -0.2) is 12.6 Å². The summed E-state index contributed by atoms with van der Waals surface area (Å²) in [5, 5.41) is 3.84. The van der Waals surface area contributed by atoms with Crippen LogP contribution in [-0.2, 0) is 11.2 Å². The number of hydrogen-bond donors (Lipinski definition) is 1. The second-order valence-electron chi connectivity index (χ2n) is 3.13. The molecule has 0 fully saturated rings. The topological polar surface area (TPSA) is 26.3 Å². The number of carbonyl (C=O) groups excluding carboxylic acids is 1. The van der Waals surface area contributed by atoms with Crippen LogP contribution in [0, 0.1) is 0 Å². The molecule has 0 aliphatic carbocycles. The summed E-state index contributed by atoms with van der Waals surface area (Å²) in [4.78, 5) is 14.2. The van der Waals surface area contributed by atoms with Crippen LogP contribution in [0.1, 0.15) is 14.5 Å². The lowest BCUT2D eigenvalue weighted by molar-refractivity contribution is 0.0515. The van der Waals surface area contributed by atoms with Crippen molar-refractivity contribution in [1.82, 2.24) is 0 Å². The summed E-state index contributed by atoms with van der Waals surface area (Å²) < 4.78 is 5.16. The Hall–Kier alpha value is -0.780. The molecule has 0 saturated heterocycles. The summed E-state index contributed by atoms with van der Waals surface area (Å²) >= 11 is 7.17. The Balaban J connectivity index is 1.80. The quantitative estimate of drug-likeness (QED) is 0.680. The Labute approximate surface area is 107 Å². The molecule has 2 nitrogen and oxygen atoms in total. The minimum Gasteiger partial charge on any atom is -0.461 e. The van der Waals surface area contributed by atoms with Gasteiger partial charge in [0.05, 0.1) is 6.61 Å². The van der Waals surface area contributed by atoms with Crippen molar-refractivity contribution in [2.45, 2.75) is 11.3 Å². The minimum absolute atomic E-state index is 0.262. The molecular formula is C11H10O2S3. The molecule has 0 saturated carbocycles. The molecule has 2 heterocycles. The molecule has 0 aromatic carbocycles. The SMILES string of the molecule is O=C(OCCc1cccs1)c1cc(S)cs1. The lowest BCUT2D eigenvalue weighted by Crippen LogP contribution is -2.05. The maximum Gasteiger partial charge on any atom is 0.348 e. The molecule has 0 atom stereocenters. The molecule has 0 amide bonds. The Morgan fingerprint density at radius 1 is 1.44 bits per heavy atom. The van der Waals surface area contributed by atoms with E-state index in [2.05, 4.69) is 12.6 Å². The molecule has 0 unspecified atom stereocenters. The van der Waals surface area contributed by atoms with Crippen LogP contribution in [0.25, 0.3) is 0 Å². The maximum absolute atomic E-state index is 11.5. The second-order valence-corrected chi connectivity index (χ2v) is 5.59. The second kappa shape index (κ2) is 5.52. The predicted octanol–water partition coefficient (Wildman–Crippen LogP) is 3.50. The monoisotopic (exact) mass is 270 g/mol. The van der Waals surface area contributed by atoms with Crippen molar-refractivity contribution in [3.05, 3.63) is 38.7 Å². The van der Waals surface area contributed by atoms with Gasteiger partial charge < -0.3 is 4.74 Å². The van der Waals surface area contributed by atoms with Gasteiger partial charge in [-0.1, -0.05) is 6.07 Å². The lowest BCUT2D eigenvalue weighted by atomic mass is 10.4. The highest BCUT2D eigenvalue weighted by Crippen LogP contribution is 2.18. The van der Waals surface area contributed by atoms with Gasteiger partial charge in [0.15, 0.2) is 0 Å². The van der Waals surface area contributed by atoms with E-state index in [-0.39, 0.29) is 5.97 Å². The average molecular weight is 270 g/mol. The smallest absolute Gasteiger partial charge is 0.348 e. The third-order valence-electron chi connectivity index (χ3n) is 1.95. The molecule has 0 radical (unpaired) electrons. The van der Waals surface area contributed by atoms with E-state index in [1.54, 1.807) is 17.4 Å². The highest BCUT2D eigenvalue weighted by molar-refractivity contribution is 7.80. The van der Waals surface area contributed by atoms with Crippen LogP contribution < -0.4 is 0 Å². The highest BCUT2D eigenvalue weighted by atomic mass is 32.1. The number of thiophene rings is 2. The molecule has 2 aromatic heterocycles. The van der Waals surface area contributed by atoms with Crippen LogP contribution in [0.2, 0.25) is 0 Å². The van der Waals surface area contributed by atoms with Crippen molar-refractivity contribution in [2.24, 2.45) is 0 Å². The summed E-state index contributed by atoms with van der Waals surface area (Å²) in [6, 6.07) is 5.75.